The molecule has 214 valence electrons. The summed E-state index contributed by atoms with van der Waals surface area (Å²) in [5, 5.41) is 1.41. The van der Waals surface area contributed by atoms with Crippen LogP contribution in [0.1, 0.15) is 40.6 Å². The molecule has 0 spiro atoms. The Morgan fingerprint density at radius 1 is 1.02 bits per heavy atom. The molecule has 2 N–H and O–H groups in total. The SMILES string of the molecule is O=C(COC(=O)c1cc2ccccc2[nH]1)O[C@@H](Cc1c(Cl)c[nH+]cc1Cl)c1ccc(OC(F)F)c(OCC2CC2)c1. The normalized spacial score (nSPS) is 13.7. The molecule has 2 aromatic carbocycles. The molecule has 1 fully saturated rings. The molecule has 41 heavy (non-hydrogen) atoms. The number of rotatable bonds is 12. The molecule has 4 aromatic rings. The van der Waals surface area contributed by atoms with Crippen molar-refractivity contribution in [2.24, 2.45) is 5.92 Å². The number of nitrogens with one attached hydrogen (secondary N) is 2. The van der Waals surface area contributed by atoms with Gasteiger partial charge in [0, 0.05) is 22.9 Å². The van der Waals surface area contributed by atoms with Crippen LogP contribution < -0.4 is 14.5 Å². The number of aromatic amines is 2. The fourth-order valence-corrected chi connectivity index (χ4v) is 4.72. The lowest BCUT2D eigenvalue weighted by molar-refractivity contribution is -0.377. The summed E-state index contributed by atoms with van der Waals surface area (Å²) in [6, 6.07) is 13.2. The quantitative estimate of drug-likeness (QED) is 0.188. The average Bonchev–Trinajstić information content (AvgIpc) is 3.67. The highest BCUT2D eigenvalue weighted by Crippen LogP contribution is 2.37. The van der Waals surface area contributed by atoms with E-state index in [1.54, 1.807) is 6.07 Å². The van der Waals surface area contributed by atoms with E-state index in [4.69, 9.17) is 37.4 Å². The van der Waals surface area contributed by atoms with E-state index in [1.165, 1.54) is 30.6 Å². The monoisotopic (exact) mass is 605 g/mol. The van der Waals surface area contributed by atoms with Gasteiger partial charge in [0.2, 0.25) is 0 Å². The highest BCUT2D eigenvalue weighted by atomic mass is 35.5. The van der Waals surface area contributed by atoms with Crippen molar-refractivity contribution in [2.75, 3.05) is 13.2 Å². The molecule has 2 aromatic heterocycles. The molecule has 1 atom stereocenters. The second kappa shape index (κ2) is 12.7. The van der Waals surface area contributed by atoms with Crippen molar-refractivity contribution in [3.63, 3.8) is 0 Å². The van der Waals surface area contributed by atoms with Crippen molar-refractivity contribution in [2.45, 2.75) is 32.0 Å². The Morgan fingerprint density at radius 3 is 2.49 bits per heavy atom. The summed E-state index contributed by atoms with van der Waals surface area (Å²) < 4.78 is 47.4. The number of hydrogen-bond acceptors (Lipinski definition) is 6. The van der Waals surface area contributed by atoms with Crippen LogP contribution in [0.2, 0.25) is 10.0 Å². The number of carbonyl (C=O) groups excluding carboxylic acids is 2. The third kappa shape index (κ3) is 7.45. The Morgan fingerprint density at radius 2 is 1.78 bits per heavy atom. The molecule has 0 radical (unpaired) electrons. The van der Waals surface area contributed by atoms with Crippen LogP contribution in [-0.4, -0.2) is 36.7 Å². The minimum atomic E-state index is -3.05. The third-order valence-corrected chi connectivity index (χ3v) is 7.13. The number of ether oxygens (including phenoxy) is 4. The maximum Gasteiger partial charge on any atom is 0.387 e. The van der Waals surface area contributed by atoms with Crippen molar-refractivity contribution in [1.82, 2.24) is 4.98 Å². The van der Waals surface area contributed by atoms with Crippen LogP contribution in [-0.2, 0) is 20.7 Å². The number of alkyl halides is 2. The van der Waals surface area contributed by atoms with Crippen LogP contribution >= 0.6 is 23.2 Å². The van der Waals surface area contributed by atoms with Gasteiger partial charge in [-0.2, -0.15) is 8.78 Å². The van der Waals surface area contributed by atoms with Gasteiger partial charge in [-0.25, -0.2) is 14.6 Å². The van der Waals surface area contributed by atoms with Crippen molar-refractivity contribution < 1.29 is 42.3 Å². The van der Waals surface area contributed by atoms with Gasteiger partial charge in [-0.3, -0.25) is 0 Å². The Labute approximate surface area is 243 Å². The molecule has 2 heterocycles. The molecule has 0 aliphatic heterocycles. The smallest absolute Gasteiger partial charge is 0.387 e. The van der Waals surface area contributed by atoms with E-state index >= 15 is 0 Å². The van der Waals surface area contributed by atoms with Gasteiger partial charge in [-0.15, -0.1) is 0 Å². The molecule has 8 nitrogen and oxygen atoms in total. The summed E-state index contributed by atoms with van der Waals surface area (Å²) in [7, 11) is 0. The van der Waals surface area contributed by atoms with Gasteiger partial charge < -0.3 is 23.9 Å². The fourth-order valence-electron chi connectivity index (χ4n) is 4.19. The zero-order valence-electron chi connectivity index (χ0n) is 21.5. The van der Waals surface area contributed by atoms with E-state index < -0.39 is 31.3 Å². The Bertz CT molecular complexity index is 1510. The van der Waals surface area contributed by atoms with E-state index in [0.717, 1.165) is 23.7 Å². The van der Waals surface area contributed by atoms with Crippen molar-refractivity contribution >= 4 is 46.0 Å². The van der Waals surface area contributed by atoms with E-state index in [-0.39, 0.29) is 23.6 Å². The van der Waals surface area contributed by atoms with Gasteiger partial charge in [0.15, 0.2) is 30.5 Å². The van der Waals surface area contributed by atoms with Crippen LogP contribution in [0.15, 0.2) is 60.9 Å². The summed E-state index contributed by atoms with van der Waals surface area (Å²) in [5.74, 6) is -1.30. The third-order valence-electron chi connectivity index (χ3n) is 6.46. The first kappa shape index (κ1) is 28.6. The molecule has 1 saturated carbocycles. The van der Waals surface area contributed by atoms with Gasteiger partial charge in [0.25, 0.3) is 0 Å². The molecular formula is C29H25Cl2F2N2O6+. The fraction of sp³-hybridized carbons (Fsp3) is 0.276. The number of benzene rings is 2. The number of halogens is 4. The second-order valence-corrected chi connectivity index (χ2v) is 10.3. The topological polar surface area (TPSA) is 101 Å². The second-order valence-electron chi connectivity index (χ2n) is 9.50. The lowest BCUT2D eigenvalue weighted by Crippen LogP contribution is -2.21. The van der Waals surface area contributed by atoms with Crippen molar-refractivity contribution in [3.8, 4) is 11.5 Å². The molecule has 0 bridgehead atoms. The summed E-state index contributed by atoms with van der Waals surface area (Å²) in [6.07, 6.45) is 4.07. The molecular weight excluding hydrogens is 581 g/mol. The molecule has 1 aliphatic carbocycles. The number of esters is 2. The van der Waals surface area contributed by atoms with Gasteiger partial charge in [0.1, 0.15) is 21.8 Å². The predicted octanol–water partition coefficient (Wildman–Crippen LogP) is 6.36. The van der Waals surface area contributed by atoms with E-state index in [0.29, 0.717) is 33.7 Å². The minimum absolute atomic E-state index is 0.0329. The molecule has 12 heteroatoms. The van der Waals surface area contributed by atoms with E-state index in [1.807, 2.05) is 24.3 Å². The first-order valence-electron chi connectivity index (χ1n) is 12.8. The first-order valence-corrected chi connectivity index (χ1v) is 13.5. The number of carbonyl (C=O) groups is 2. The molecule has 0 amide bonds. The van der Waals surface area contributed by atoms with E-state index in [9.17, 15) is 18.4 Å². The van der Waals surface area contributed by atoms with Gasteiger partial charge >= 0.3 is 18.6 Å². The largest absolute Gasteiger partial charge is 0.489 e. The maximum absolute atomic E-state index is 13.0. The Kier molecular flexibility index (Phi) is 8.90. The lowest BCUT2D eigenvalue weighted by atomic mass is 10.0. The summed E-state index contributed by atoms with van der Waals surface area (Å²) >= 11 is 12.7. The highest BCUT2D eigenvalue weighted by Gasteiger charge is 2.26. The predicted molar refractivity (Wildman–Crippen MR) is 145 cm³/mol. The number of pyridine rings is 1. The summed E-state index contributed by atoms with van der Waals surface area (Å²) in [5.41, 5.74) is 1.82. The number of para-hydroxylation sites is 1. The Hall–Kier alpha value is -3.89. The zero-order valence-corrected chi connectivity index (χ0v) is 23.0. The van der Waals surface area contributed by atoms with Gasteiger partial charge in [0.05, 0.1) is 6.61 Å². The lowest BCUT2D eigenvalue weighted by Gasteiger charge is -2.21. The van der Waals surface area contributed by atoms with Crippen molar-refractivity contribution in [3.05, 3.63) is 87.8 Å². The highest BCUT2D eigenvalue weighted by molar-refractivity contribution is 6.35. The molecule has 0 saturated heterocycles. The molecule has 1 aliphatic rings. The molecule has 5 rings (SSSR count). The maximum atomic E-state index is 13.0. The number of hydrogen-bond donors (Lipinski definition) is 1. The number of fused-ring (bicyclic) bond motifs is 1. The number of aromatic nitrogens is 2. The Balaban J connectivity index is 1.35. The van der Waals surface area contributed by atoms with Crippen LogP contribution in [0.5, 0.6) is 11.5 Å². The summed E-state index contributed by atoms with van der Waals surface area (Å²) in [6.45, 7) is -3.39. The first-order chi connectivity index (χ1) is 19.8. The standard InChI is InChI=1S/C29H24Cl2F2N2O6/c30-20-12-34-13-21(31)19(20)11-25(18-7-8-24(41-29(32)33)26(10-18)38-14-16-5-6-16)40-27(36)15-39-28(37)23-9-17-3-1-2-4-22(17)35-23/h1-4,7-10,12-13,16,25,29,35H,5-6,11,14-15H2/p+1/t25-/m0/s1. The number of H-pyrrole nitrogens is 2. The van der Waals surface area contributed by atoms with Crippen LogP contribution in [0.25, 0.3) is 10.9 Å². The van der Waals surface area contributed by atoms with Crippen LogP contribution in [0.3, 0.4) is 0 Å². The van der Waals surface area contributed by atoms with Gasteiger partial charge in [-0.05, 0) is 48.6 Å². The molecule has 0 unspecified atom stereocenters. The summed E-state index contributed by atoms with van der Waals surface area (Å²) in [4.78, 5) is 31.2. The zero-order chi connectivity index (χ0) is 28.9. The minimum Gasteiger partial charge on any atom is -0.489 e. The van der Waals surface area contributed by atoms with Crippen molar-refractivity contribution in [1.29, 1.82) is 0 Å². The van der Waals surface area contributed by atoms with E-state index in [2.05, 4.69) is 14.7 Å². The van der Waals surface area contributed by atoms with Crippen LogP contribution in [0.4, 0.5) is 8.78 Å². The average molecular weight is 606 g/mol. The van der Waals surface area contributed by atoms with Gasteiger partial charge in [-0.1, -0.05) is 47.5 Å². The van der Waals surface area contributed by atoms with Crippen LogP contribution in [0, 0.1) is 5.92 Å².